The van der Waals surface area contributed by atoms with Gasteiger partial charge in [-0.2, -0.15) is 0 Å². The molecular formula is C20H20O2Se. The number of aryl methyl sites for hydroxylation is 2. The van der Waals surface area contributed by atoms with Crippen molar-refractivity contribution in [3.05, 3.63) is 70.1 Å². The van der Waals surface area contributed by atoms with Gasteiger partial charge in [-0.25, -0.2) is 0 Å². The van der Waals surface area contributed by atoms with E-state index in [-0.39, 0.29) is 20.6 Å². The van der Waals surface area contributed by atoms with Gasteiger partial charge in [0.15, 0.2) is 0 Å². The Bertz CT molecular complexity index is 866. The predicted molar refractivity (Wildman–Crippen MR) is 97.3 cm³/mol. The zero-order chi connectivity index (χ0) is 16.2. The van der Waals surface area contributed by atoms with E-state index in [0.717, 1.165) is 29.1 Å². The fourth-order valence-electron chi connectivity index (χ4n) is 2.67. The summed E-state index contributed by atoms with van der Waals surface area (Å²) < 4.78 is 7.68. The van der Waals surface area contributed by atoms with Gasteiger partial charge in [-0.05, 0) is 0 Å². The molecule has 0 N–H and O–H groups in total. The van der Waals surface area contributed by atoms with Crippen molar-refractivity contribution in [2.75, 3.05) is 0 Å². The van der Waals surface area contributed by atoms with E-state index in [1.165, 1.54) is 15.6 Å². The summed E-state index contributed by atoms with van der Waals surface area (Å²) in [5, 5.41) is 1.10. The number of hydrogen-bond acceptors (Lipinski definition) is 2. The average molecular weight is 371 g/mol. The molecule has 2 aromatic carbocycles. The first-order chi connectivity index (χ1) is 11.2. The van der Waals surface area contributed by atoms with Crippen LogP contribution in [0.1, 0.15) is 30.9 Å². The van der Waals surface area contributed by atoms with Crippen LogP contribution < -0.4 is 14.5 Å². The van der Waals surface area contributed by atoms with E-state index in [1.54, 1.807) is 0 Å². The molecule has 3 rings (SSSR count). The number of benzene rings is 2. The molecule has 0 aliphatic heterocycles. The normalized spacial score (nSPS) is 11.0. The third-order valence-electron chi connectivity index (χ3n) is 3.87. The van der Waals surface area contributed by atoms with Crippen molar-refractivity contribution in [1.82, 2.24) is 0 Å². The van der Waals surface area contributed by atoms with Crippen LogP contribution in [-0.4, -0.2) is 15.0 Å². The van der Waals surface area contributed by atoms with E-state index in [2.05, 4.69) is 32.0 Å². The molecule has 0 saturated carbocycles. The van der Waals surface area contributed by atoms with Crippen LogP contribution in [0.15, 0.2) is 57.7 Å². The first-order valence-corrected chi connectivity index (χ1v) is 9.69. The van der Waals surface area contributed by atoms with Crippen molar-refractivity contribution >= 4 is 34.8 Å². The van der Waals surface area contributed by atoms with Crippen LogP contribution in [0.5, 0.6) is 0 Å². The molecule has 0 fully saturated rings. The van der Waals surface area contributed by atoms with E-state index >= 15 is 0 Å². The number of rotatable bonds is 5. The van der Waals surface area contributed by atoms with Gasteiger partial charge in [0.1, 0.15) is 0 Å². The monoisotopic (exact) mass is 372 g/mol. The van der Waals surface area contributed by atoms with Gasteiger partial charge >= 0.3 is 142 Å². The zero-order valence-corrected chi connectivity index (χ0v) is 15.2. The molecule has 0 spiro atoms. The van der Waals surface area contributed by atoms with E-state index in [0.29, 0.717) is 5.58 Å². The SMILES string of the molecule is CCCCc1c([Se]c2ccccc2)c(=O)oc2ccc(C)cc12. The van der Waals surface area contributed by atoms with Gasteiger partial charge in [0.2, 0.25) is 0 Å². The molecular weight excluding hydrogens is 351 g/mol. The van der Waals surface area contributed by atoms with Crippen LogP contribution >= 0.6 is 0 Å². The van der Waals surface area contributed by atoms with E-state index < -0.39 is 0 Å². The summed E-state index contributed by atoms with van der Waals surface area (Å²) in [6.45, 7) is 4.26. The molecule has 0 saturated heterocycles. The number of fused-ring (bicyclic) bond motifs is 1. The Kier molecular flexibility index (Phi) is 5.00. The van der Waals surface area contributed by atoms with Gasteiger partial charge in [-0.1, -0.05) is 0 Å². The second-order valence-electron chi connectivity index (χ2n) is 5.72. The third-order valence-corrected chi connectivity index (χ3v) is 6.23. The summed E-state index contributed by atoms with van der Waals surface area (Å²) in [4.78, 5) is 12.6. The summed E-state index contributed by atoms with van der Waals surface area (Å²) in [7, 11) is 0. The molecule has 0 unspecified atom stereocenters. The summed E-state index contributed by atoms with van der Waals surface area (Å²) in [5.41, 5.74) is 2.92. The Morgan fingerprint density at radius 3 is 2.61 bits per heavy atom. The molecule has 0 aliphatic rings. The van der Waals surface area contributed by atoms with Crippen LogP contribution in [0, 0.1) is 6.92 Å². The molecule has 0 atom stereocenters. The van der Waals surface area contributed by atoms with Crippen molar-refractivity contribution in [2.45, 2.75) is 33.1 Å². The van der Waals surface area contributed by atoms with E-state index in [9.17, 15) is 4.79 Å². The van der Waals surface area contributed by atoms with Crippen molar-refractivity contribution in [3.63, 3.8) is 0 Å². The van der Waals surface area contributed by atoms with E-state index in [4.69, 9.17) is 4.42 Å². The maximum atomic E-state index is 12.6. The molecule has 23 heavy (non-hydrogen) atoms. The third kappa shape index (κ3) is 3.57. The first-order valence-electron chi connectivity index (χ1n) is 7.98. The molecule has 1 aromatic heterocycles. The quantitative estimate of drug-likeness (QED) is 0.510. The molecule has 0 radical (unpaired) electrons. The Morgan fingerprint density at radius 2 is 1.87 bits per heavy atom. The summed E-state index contributed by atoms with van der Waals surface area (Å²) >= 11 is -0.0249. The van der Waals surface area contributed by atoms with Crippen LogP contribution in [0.3, 0.4) is 0 Å². The molecule has 0 amide bonds. The fourth-order valence-corrected chi connectivity index (χ4v) is 4.75. The Labute approximate surface area is 142 Å². The van der Waals surface area contributed by atoms with Gasteiger partial charge in [-0.3, -0.25) is 0 Å². The second-order valence-corrected chi connectivity index (χ2v) is 7.99. The standard InChI is InChI=1S/C20H20O2Se/c1-3-4-10-16-17-13-14(2)11-12-18(17)22-20(21)19(16)23-15-8-6-5-7-9-15/h5-9,11-13H,3-4,10H2,1-2H3. The Hall–Kier alpha value is -1.83. The predicted octanol–water partition coefficient (Wildman–Crippen LogP) is 3.10. The number of unbranched alkanes of at least 4 members (excludes halogenated alkanes) is 1. The van der Waals surface area contributed by atoms with Gasteiger partial charge in [-0.15, -0.1) is 0 Å². The molecule has 3 heteroatoms. The fraction of sp³-hybridized carbons (Fsp3) is 0.250. The molecule has 0 aliphatic carbocycles. The average Bonchev–Trinajstić information content (AvgIpc) is 2.56. The van der Waals surface area contributed by atoms with E-state index in [1.807, 2.05) is 30.3 Å². The first kappa shape index (κ1) is 16.0. The zero-order valence-electron chi connectivity index (χ0n) is 13.5. The summed E-state index contributed by atoms with van der Waals surface area (Å²) in [6.07, 6.45) is 3.14. The molecule has 1 heterocycles. The van der Waals surface area contributed by atoms with Crippen LogP contribution in [0.2, 0.25) is 0 Å². The van der Waals surface area contributed by atoms with Crippen molar-refractivity contribution in [2.24, 2.45) is 0 Å². The van der Waals surface area contributed by atoms with Crippen molar-refractivity contribution in [3.8, 4) is 0 Å². The minimum atomic E-state index is -0.170. The Balaban J connectivity index is 2.17. The van der Waals surface area contributed by atoms with Gasteiger partial charge < -0.3 is 0 Å². The van der Waals surface area contributed by atoms with Crippen molar-refractivity contribution < 1.29 is 4.42 Å². The summed E-state index contributed by atoms with van der Waals surface area (Å²) in [6, 6.07) is 16.3. The maximum absolute atomic E-state index is 12.6. The van der Waals surface area contributed by atoms with Crippen molar-refractivity contribution in [1.29, 1.82) is 0 Å². The van der Waals surface area contributed by atoms with Gasteiger partial charge in [0.25, 0.3) is 0 Å². The Morgan fingerprint density at radius 1 is 1.09 bits per heavy atom. The molecule has 3 aromatic rings. The minimum absolute atomic E-state index is 0.0249. The second kappa shape index (κ2) is 7.16. The van der Waals surface area contributed by atoms with Gasteiger partial charge in [0, 0.05) is 0 Å². The topological polar surface area (TPSA) is 30.2 Å². The van der Waals surface area contributed by atoms with Crippen LogP contribution in [0.25, 0.3) is 11.0 Å². The van der Waals surface area contributed by atoms with Crippen LogP contribution in [-0.2, 0) is 6.42 Å². The molecule has 118 valence electrons. The van der Waals surface area contributed by atoms with Crippen LogP contribution in [0.4, 0.5) is 0 Å². The van der Waals surface area contributed by atoms with Gasteiger partial charge in [0.05, 0.1) is 0 Å². The summed E-state index contributed by atoms with van der Waals surface area (Å²) in [5.74, 6) is 0. The molecule has 2 nitrogen and oxygen atoms in total. The molecule has 0 bridgehead atoms. The number of hydrogen-bond donors (Lipinski definition) is 0.